The van der Waals surface area contributed by atoms with Crippen LogP contribution in [-0.4, -0.2) is 63.5 Å². The molecule has 3 aromatic rings. The van der Waals surface area contributed by atoms with E-state index in [-0.39, 0.29) is 17.6 Å². The van der Waals surface area contributed by atoms with E-state index in [1.165, 1.54) is 0 Å². The number of hydrogen-bond acceptors (Lipinski definition) is 8. The number of rotatable bonds is 2. The zero-order valence-corrected chi connectivity index (χ0v) is 18.8. The van der Waals surface area contributed by atoms with Gasteiger partial charge in [0, 0.05) is 31.1 Å². The Kier molecular flexibility index (Phi) is 4.75. The first-order valence-electron chi connectivity index (χ1n) is 11.7. The number of H-pyrrole nitrogens is 1. The number of hydrogen-bond donors (Lipinski definition) is 2. The third-order valence-electron chi connectivity index (χ3n) is 7.61. The van der Waals surface area contributed by atoms with Gasteiger partial charge in [-0.2, -0.15) is 5.10 Å². The molecule has 0 saturated carbocycles. The number of nitrogens with zero attached hydrogens (tertiary/aromatic N) is 6. The Balaban J connectivity index is 1.25. The van der Waals surface area contributed by atoms with E-state index in [4.69, 9.17) is 26.9 Å². The second-order valence-corrected chi connectivity index (χ2v) is 9.43. The summed E-state index contributed by atoms with van der Waals surface area (Å²) in [5.41, 5.74) is 10.7. The average molecular weight is 445 g/mol. The van der Waals surface area contributed by atoms with E-state index in [1.807, 2.05) is 18.3 Å². The van der Waals surface area contributed by atoms with Gasteiger partial charge in [-0.25, -0.2) is 15.0 Å². The predicted molar refractivity (Wildman–Crippen MR) is 126 cm³/mol. The zero-order chi connectivity index (χ0) is 22.6. The van der Waals surface area contributed by atoms with Crippen LogP contribution in [-0.2, 0) is 11.2 Å². The summed E-state index contributed by atoms with van der Waals surface area (Å²) in [4.78, 5) is 18.7. The summed E-state index contributed by atoms with van der Waals surface area (Å²) in [7, 11) is 0. The number of nitrogens with two attached hydrogens (primary N) is 1. The van der Waals surface area contributed by atoms with Crippen LogP contribution in [0.3, 0.4) is 0 Å². The number of nitrogens with one attached hydrogen (secondary N) is 1. The van der Waals surface area contributed by atoms with Gasteiger partial charge in [0.1, 0.15) is 11.5 Å². The van der Waals surface area contributed by atoms with Crippen molar-refractivity contribution < 1.29 is 4.74 Å². The molecule has 0 aromatic carbocycles. The molecule has 170 valence electrons. The van der Waals surface area contributed by atoms with Crippen LogP contribution in [0.2, 0.25) is 0 Å². The lowest BCUT2D eigenvalue weighted by molar-refractivity contribution is 0.0974. The highest BCUT2D eigenvalue weighted by Crippen LogP contribution is 2.42. The molecule has 9 heteroatoms. The number of fused-ring (bicyclic) bond motifs is 2. The lowest BCUT2D eigenvalue weighted by Crippen LogP contribution is -2.50. The fourth-order valence-corrected chi connectivity index (χ4v) is 5.52. The van der Waals surface area contributed by atoms with Crippen molar-refractivity contribution in [2.75, 3.05) is 36.0 Å². The molecule has 0 unspecified atom stereocenters. The van der Waals surface area contributed by atoms with Gasteiger partial charge in [-0.1, -0.05) is 5.92 Å². The Bertz CT molecular complexity index is 1240. The van der Waals surface area contributed by atoms with Crippen LogP contribution in [0.25, 0.3) is 11.2 Å². The van der Waals surface area contributed by atoms with Crippen molar-refractivity contribution in [1.29, 1.82) is 0 Å². The van der Waals surface area contributed by atoms with Gasteiger partial charge in [-0.15, -0.1) is 6.42 Å². The first-order valence-corrected chi connectivity index (χ1v) is 11.7. The molecule has 3 aliphatic heterocycles. The smallest absolute Gasteiger partial charge is 0.183 e. The van der Waals surface area contributed by atoms with E-state index in [2.05, 4.69) is 37.8 Å². The molecule has 3 aliphatic rings. The molecule has 9 nitrogen and oxygen atoms in total. The van der Waals surface area contributed by atoms with Gasteiger partial charge < -0.3 is 20.3 Å². The van der Waals surface area contributed by atoms with Crippen molar-refractivity contribution in [2.24, 2.45) is 11.1 Å². The van der Waals surface area contributed by atoms with E-state index >= 15 is 0 Å². The number of aromatic amines is 1. The van der Waals surface area contributed by atoms with Crippen molar-refractivity contribution in [1.82, 2.24) is 25.1 Å². The Hall–Kier alpha value is -3.22. The fraction of sp³-hybridized carbons (Fsp3) is 0.500. The van der Waals surface area contributed by atoms with Crippen molar-refractivity contribution >= 4 is 28.5 Å². The van der Waals surface area contributed by atoms with Crippen LogP contribution < -0.4 is 15.5 Å². The summed E-state index contributed by atoms with van der Waals surface area (Å²) >= 11 is 0. The van der Waals surface area contributed by atoms with Crippen LogP contribution in [0.1, 0.15) is 37.6 Å². The normalized spacial score (nSPS) is 24.3. The molecule has 0 amide bonds. The third-order valence-corrected chi connectivity index (χ3v) is 7.61. The predicted octanol–water partition coefficient (Wildman–Crippen LogP) is 2.15. The van der Waals surface area contributed by atoms with Gasteiger partial charge >= 0.3 is 0 Å². The van der Waals surface area contributed by atoms with E-state index in [0.717, 1.165) is 80.5 Å². The molecule has 0 radical (unpaired) electrons. The zero-order valence-electron chi connectivity index (χ0n) is 18.8. The lowest BCUT2D eigenvalue weighted by atomic mass is 9.73. The molecular formula is C24H28N8O. The first-order chi connectivity index (χ1) is 16.1. The van der Waals surface area contributed by atoms with Crippen LogP contribution in [0.5, 0.6) is 0 Å². The maximum Gasteiger partial charge on any atom is 0.183 e. The highest BCUT2D eigenvalue weighted by Gasteiger charge is 2.47. The molecular weight excluding hydrogens is 416 g/mol. The highest BCUT2D eigenvalue weighted by molar-refractivity contribution is 5.87. The summed E-state index contributed by atoms with van der Waals surface area (Å²) in [5.74, 6) is 4.27. The van der Waals surface area contributed by atoms with Crippen LogP contribution >= 0.6 is 0 Å². The molecule has 2 saturated heterocycles. The minimum Gasteiger partial charge on any atom is -0.376 e. The number of aryl methyl sites for hydroxylation is 1. The lowest BCUT2D eigenvalue weighted by Gasteiger charge is -2.41. The van der Waals surface area contributed by atoms with E-state index in [1.54, 1.807) is 0 Å². The molecule has 3 N–H and O–H groups in total. The van der Waals surface area contributed by atoms with Crippen molar-refractivity contribution in [3.8, 4) is 12.3 Å². The number of anilines is 3. The quantitative estimate of drug-likeness (QED) is 0.579. The number of terminal acetylenes is 1. The first kappa shape index (κ1) is 20.4. The summed E-state index contributed by atoms with van der Waals surface area (Å²) in [6.45, 7) is 5.47. The van der Waals surface area contributed by atoms with E-state index in [9.17, 15) is 0 Å². The summed E-state index contributed by atoms with van der Waals surface area (Å²) in [5, 5.41) is 7.67. The van der Waals surface area contributed by atoms with Gasteiger partial charge in [0.05, 0.1) is 30.3 Å². The fourth-order valence-electron chi connectivity index (χ4n) is 5.52. The Morgan fingerprint density at radius 1 is 1.24 bits per heavy atom. The van der Waals surface area contributed by atoms with Crippen LogP contribution in [0.4, 0.5) is 17.3 Å². The third kappa shape index (κ3) is 3.24. The highest BCUT2D eigenvalue weighted by atomic mass is 16.5. The van der Waals surface area contributed by atoms with Crippen LogP contribution in [0, 0.1) is 17.8 Å². The number of aromatic nitrogens is 5. The van der Waals surface area contributed by atoms with Crippen molar-refractivity contribution in [2.45, 2.75) is 44.8 Å². The van der Waals surface area contributed by atoms with Crippen LogP contribution in [0.15, 0.2) is 18.3 Å². The van der Waals surface area contributed by atoms with Gasteiger partial charge in [0.15, 0.2) is 17.0 Å². The molecule has 2 atom stereocenters. The van der Waals surface area contributed by atoms with Crippen molar-refractivity contribution in [3.63, 3.8) is 0 Å². The van der Waals surface area contributed by atoms with Crippen molar-refractivity contribution in [3.05, 3.63) is 29.7 Å². The van der Waals surface area contributed by atoms with E-state index < -0.39 is 0 Å². The van der Waals surface area contributed by atoms with Gasteiger partial charge in [0.2, 0.25) is 0 Å². The molecule has 6 heterocycles. The summed E-state index contributed by atoms with van der Waals surface area (Å²) in [6.07, 6.45) is 11.4. The Labute approximate surface area is 192 Å². The topological polar surface area (TPSA) is 109 Å². The average Bonchev–Trinajstić information content (AvgIpc) is 3.40. The standard InChI is InChI=1S/C24H28N8O/c1-3-16-6-7-18-17(27-16)5-4-10-32(18)23-20-22(29-30-23)28-19(13-26-20)31-11-8-24(9-12-31)14-33-15(2)21(24)25/h1,6-7,13,15,21H,4-5,8-12,14,25H2,2H3,(H,28,29,30)/t15-,21+/m0/s1. The SMILES string of the molecule is C#Cc1ccc2c(n1)CCCN2c1n[nH]c2nc(N3CCC4(CC3)CO[C@@H](C)[C@H]4N)cnc12. The molecule has 2 fully saturated rings. The molecule has 1 spiro atoms. The van der Waals surface area contributed by atoms with Gasteiger partial charge in [-0.3, -0.25) is 5.10 Å². The molecule has 33 heavy (non-hydrogen) atoms. The number of piperidine rings is 1. The Morgan fingerprint density at radius 2 is 2.09 bits per heavy atom. The minimum atomic E-state index is 0.0869. The monoisotopic (exact) mass is 444 g/mol. The molecule has 0 bridgehead atoms. The minimum absolute atomic E-state index is 0.0869. The van der Waals surface area contributed by atoms with E-state index in [0.29, 0.717) is 11.3 Å². The van der Waals surface area contributed by atoms with Gasteiger partial charge in [0.25, 0.3) is 0 Å². The Morgan fingerprint density at radius 3 is 2.85 bits per heavy atom. The maximum atomic E-state index is 6.47. The summed E-state index contributed by atoms with van der Waals surface area (Å²) < 4.78 is 5.85. The second-order valence-electron chi connectivity index (χ2n) is 9.43. The van der Waals surface area contributed by atoms with Gasteiger partial charge in [-0.05, 0) is 44.7 Å². The molecule has 6 rings (SSSR count). The maximum absolute atomic E-state index is 6.47. The number of ether oxygens (including phenoxy) is 1. The number of pyridine rings is 1. The summed E-state index contributed by atoms with van der Waals surface area (Å²) in [6, 6.07) is 4.00. The molecule has 3 aromatic heterocycles. The second kappa shape index (κ2) is 7.68. The molecule has 0 aliphatic carbocycles. The largest absolute Gasteiger partial charge is 0.376 e.